The predicted molar refractivity (Wildman–Crippen MR) is 108 cm³/mol. The van der Waals surface area contributed by atoms with Crippen LogP contribution in [0.25, 0.3) is 0 Å². The van der Waals surface area contributed by atoms with Crippen LogP contribution >= 0.6 is 11.6 Å². The molecular formula is C22H27ClN2O. The highest BCUT2D eigenvalue weighted by Gasteiger charge is 2.43. The summed E-state index contributed by atoms with van der Waals surface area (Å²) < 4.78 is 0. The SMILES string of the molecule is CCN(CC)CCC1(C)C(=O)NC(c2ccc(Cl)cc2)c2ccccc21. The van der Waals surface area contributed by atoms with Crippen LogP contribution in [0.3, 0.4) is 0 Å². The van der Waals surface area contributed by atoms with Crippen LogP contribution in [0.1, 0.15) is 49.9 Å². The van der Waals surface area contributed by atoms with E-state index in [1.54, 1.807) is 0 Å². The normalized spacial score (nSPS) is 22.2. The molecule has 0 bridgehead atoms. The molecule has 0 saturated carbocycles. The van der Waals surface area contributed by atoms with Crippen molar-refractivity contribution in [3.8, 4) is 0 Å². The predicted octanol–water partition coefficient (Wildman–Crippen LogP) is 4.55. The number of halogens is 1. The molecule has 0 aliphatic carbocycles. The number of nitrogens with zero attached hydrogens (tertiary/aromatic N) is 1. The fourth-order valence-electron chi connectivity index (χ4n) is 3.83. The van der Waals surface area contributed by atoms with Gasteiger partial charge in [0.15, 0.2) is 0 Å². The summed E-state index contributed by atoms with van der Waals surface area (Å²) in [5, 5.41) is 3.96. The summed E-state index contributed by atoms with van der Waals surface area (Å²) in [5.74, 6) is 0.100. The smallest absolute Gasteiger partial charge is 0.231 e. The van der Waals surface area contributed by atoms with Crippen molar-refractivity contribution < 1.29 is 4.79 Å². The first-order chi connectivity index (χ1) is 12.5. The number of hydrogen-bond donors (Lipinski definition) is 1. The highest BCUT2D eigenvalue weighted by atomic mass is 35.5. The second kappa shape index (κ2) is 7.81. The summed E-state index contributed by atoms with van der Waals surface area (Å²) >= 11 is 6.03. The van der Waals surface area contributed by atoms with E-state index in [0.717, 1.165) is 37.2 Å². The lowest BCUT2D eigenvalue weighted by molar-refractivity contribution is -0.128. The van der Waals surface area contributed by atoms with Crippen molar-refractivity contribution in [2.75, 3.05) is 19.6 Å². The quantitative estimate of drug-likeness (QED) is 0.809. The molecule has 1 amide bonds. The van der Waals surface area contributed by atoms with Gasteiger partial charge in [0.05, 0.1) is 11.5 Å². The van der Waals surface area contributed by atoms with Crippen LogP contribution in [0, 0.1) is 0 Å². The van der Waals surface area contributed by atoms with Gasteiger partial charge in [0.25, 0.3) is 0 Å². The monoisotopic (exact) mass is 370 g/mol. The van der Waals surface area contributed by atoms with Gasteiger partial charge in [0, 0.05) is 5.02 Å². The van der Waals surface area contributed by atoms with E-state index in [2.05, 4.69) is 43.1 Å². The number of fused-ring (bicyclic) bond motifs is 1. The third kappa shape index (κ3) is 3.51. The molecule has 1 heterocycles. The van der Waals surface area contributed by atoms with Crippen LogP contribution in [-0.4, -0.2) is 30.4 Å². The Kier molecular flexibility index (Phi) is 5.69. The van der Waals surface area contributed by atoms with E-state index in [9.17, 15) is 4.79 Å². The molecule has 1 aliphatic heterocycles. The van der Waals surface area contributed by atoms with Crippen molar-refractivity contribution in [3.63, 3.8) is 0 Å². The van der Waals surface area contributed by atoms with Gasteiger partial charge in [-0.2, -0.15) is 0 Å². The highest BCUT2D eigenvalue weighted by molar-refractivity contribution is 6.30. The zero-order chi connectivity index (χ0) is 18.7. The van der Waals surface area contributed by atoms with Crippen LogP contribution in [0.5, 0.6) is 0 Å². The van der Waals surface area contributed by atoms with Gasteiger partial charge in [0.2, 0.25) is 5.91 Å². The van der Waals surface area contributed by atoms with E-state index in [1.807, 2.05) is 36.4 Å². The van der Waals surface area contributed by atoms with Gasteiger partial charge in [-0.05, 0) is 61.8 Å². The summed E-state index contributed by atoms with van der Waals surface area (Å²) in [6.07, 6.45) is 0.810. The van der Waals surface area contributed by atoms with Crippen LogP contribution in [0.2, 0.25) is 5.02 Å². The number of hydrogen-bond acceptors (Lipinski definition) is 2. The molecule has 0 spiro atoms. The third-order valence-electron chi connectivity index (χ3n) is 5.67. The summed E-state index contributed by atoms with van der Waals surface area (Å²) in [7, 11) is 0. The first kappa shape index (κ1) is 18.9. The Bertz CT molecular complexity index is 770. The Labute approximate surface area is 161 Å². The minimum atomic E-state index is -0.512. The summed E-state index contributed by atoms with van der Waals surface area (Å²) in [6.45, 7) is 9.32. The molecule has 2 unspecified atom stereocenters. The molecule has 4 heteroatoms. The first-order valence-corrected chi connectivity index (χ1v) is 9.75. The lowest BCUT2D eigenvalue weighted by Crippen LogP contribution is -2.50. The molecule has 2 aromatic rings. The molecule has 0 aromatic heterocycles. The Morgan fingerprint density at radius 2 is 1.73 bits per heavy atom. The second-order valence-corrected chi connectivity index (χ2v) is 7.59. The molecule has 1 N–H and O–H groups in total. The Morgan fingerprint density at radius 1 is 1.08 bits per heavy atom. The van der Waals surface area contributed by atoms with Gasteiger partial charge < -0.3 is 10.2 Å². The molecule has 2 aromatic carbocycles. The molecule has 26 heavy (non-hydrogen) atoms. The van der Waals surface area contributed by atoms with E-state index in [1.165, 1.54) is 5.56 Å². The maximum absolute atomic E-state index is 13.2. The number of carbonyl (C=O) groups excluding carboxylic acids is 1. The van der Waals surface area contributed by atoms with Crippen LogP contribution in [-0.2, 0) is 10.2 Å². The van der Waals surface area contributed by atoms with Gasteiger partial charge in [-0.1, -0.05) is 61.8 Å². The third-order valence-corrected chi connectivity index (χ3v) is 5.92. The van der Waals surface area contributed by atoms with Crippen molar-refractivity contribution in [1.29, 1.82) is 0 Å². The minimum Gasteiger partial charge on any atom is -0.344 e. The van der Waals surface area contributed by atoms with Crippen LogP contribution in [0.4, 0.5) is 0 Å². The highest BCUT2D eigenvalue weighted by Crippen LogP contribution is 2.40. The van der Waals surface area contributed by atoms with Gasteiger partial charge in [-0.15, -0.1) is 0 Å². The van der Waals surface area contributed by atoms with E-state index in [4.69, 9.17) is 11.6 Å². The van der Waals surface area contributed by atoms with E-state index >= 15 is 0 Å². The van der Waals surface area contributed by atoms with Gasteiger partial charge >= 0.3 is 0 Å². The zero-order valence-electron chi connectivity index (χ0n) is 15.8. The van der Waals surface area contributed by atoms with Crippen molar-refractivity contribution in [2.24, 2.45) is 0 Å². The maximum atomic E-state index is 13.2. The van der Waals surface area contributed by atoms with Crippen molar-refractivity contribution in [2.45, 2.75) is 38.6 Å². The maximum Gasteiger partial charge on any atom is 0.231 e. The number of amides is 1. The van der Waals surface area contributed by atoms with Crippen molar-refractivity contribution in [3.05, 3.63) is 70.2 Å². The van der Waals surface area contributed by atoms with Crippen LogP contribution in [0.15, 0.2) is 48.5 Å². The Hall–Kier alpha value is -1.84. The lowest BCUT2D eigenvalue weighted by atomic mass is 9.71. The van der Waals surface area contributed by atoms with E-state index in [-0.39, 0.29) is 11.9 Å². The minimum absolute atomic E-state index is 0.100. The Balaban J connectivity index is 1.97. The van der Waals surface area contributed by atoms with Gasteiger partial charge in [-0.25, -0.2) is 0 Å². The first-order valence-electron chi connectivity index (χ1n) is 9.37. The van der Waals surface area contributed by atoms with Crippen molar-refractivity contribution in [1.82, 2.24) is 10.2 Å². The fraction of sp³-hybridized carbons (Fsp3) is 0.409. The molecule has 0 fully saturated rings. The molecule has 138 valence electrons. The number of benzene rings is 2. The van der Waals surface area contributed by atoms with E-state index < -0.39 is 5.41 Å². The molecule has 0 radical (unpaired) electrons. The van der Waals surface area contributed by atoms with Crippen molar-refractivity contribution >= 4 is 17.5 Å². The molecule has 1 aliphatic rings. The number of carbonyl (C=O) groups is 1. The molecule has 3 rings (SSSR count). The topological polar surface area (TPSA) is 32.3 Å². The Morgan fingerprint density at radius 3 is 2.38 bits per heavy atom. The van der Waals surface area contributed by atoms with E-state index in [0.29, 0.717) is 5.02 Å². The van der Waals surface area contributed by atoms with Gasteiger partial charge in [-0.3, -0.25) is 4.79 Å². The average Bonchev–Trinajstić information content (AvgIpc) is 2.66. The fourth-order valence-corrected chi connectivity index (χ4v) is 3.96. The standard InChI is InChI=1S/C22H27ClN2O/c1-4-25(5-2)15-14-22(3)19-9-7-6-8-18(19)20(24-21(22)26)16-10-12-17(23)13-11-16/h6-13,20H,4-5,14-15H2,1-3H3,(H,24,26). The van der Waals surface area contributed by atoms with Gasteiger partial charge in [0.1, 0.15) is 0 Å². The summed E-state index contributed by atoms with van der Waals surface area (Å²) in [6, 6.07) is 15.9. The molecule has 3 nitrogen and oxygen atoms in total. The molecule has 2 atom stereocenters. The summed E-state index contributed by atoms with van der Waals surface area (Å²) in [5.41, 5.74) is 2.86. The molecule has 0 saturated heterocycles. The zero-order valence-corrected chi connectivity index (χ0v) is 16.5. The number of rotatable bonds is 6. The summed E-state index contributed by atoms with van der Waals surface area (Å²) in [4.78, 5) is 15.5. The van der Waals surface area contributed by atoms with Crippen LogP contribution < -0.4 is 5.32 Å². The number of nitrogens with one attached hydrogen (secondary N) is 1. The average molecular weight is 371 g/mol. The lowest BCUT2D eigenvalue weighted by Gasteiger charge is -2.40. The second-order valence-electron chi connectivity index (χ2n) is 7.15. The largest absolute Gasteiger partial charge is 0.344 e. The molecular weight excluding hydrogens is 344 g/mol.